The van der Waals surface area contributed by atoms with Gasteiger partial charge < -0.3 is 14.6 Å². The van der Waals surface area contributed by atoms with E-state index in [9.17, 15) is 22.4 Å². The Labute approximate surface area is 201 Å². The second-order valence-corrected chi connectivity index (χ2v) is 8.70. The van der Waals surface area contributed by atoms with Gasteiger partial charge in [-0.15, -0.1) is 13.2 Å². The van der Waals surface area contributed by atoms with Gasteiger partial charge in [-0.2, -0.15) is 5.10 Å². The van der Waals surface area contributed by atoms with Gasteiger partial charge in [0.1, 0.15) is 29.8 Å². The van der Waals surface area contributed by atoms with Crippen molar-refractivity contribution >= 4 is 23.6 Å². The van der Waals surface area contributed by atoms with E-state index in [1.807, 2.05) is 0 Å². The van der Waals surface area contributed by atoms with Crippen molar-refractivity contribution in [2.45, 2.75) is 38.0 Å². The molecule has 13 heteroatoms. The number of hydrogen-bond donors (Lipinski definition) is 2. The Bertz CT molecular complexity index is 1180. The molecular weight excluding hydrogens is 490 g/mol. The number of hydrogen-bond acceptors (Lipinski definition) is 8. The van der Waals surface area contributed by atoms with Gasteiger partial charge in [0.25, 0.3) is 0 Å². The van der Waals surface area contributed by atoms with Crippen LogP contribution in [-0.4, -0.2) is 54.4 Å². The van der Waals surface area contributed by atoms with Crippen LogP contribution in [-0.2, 0) is 6.54 Å². The number of alkyl halides is 4. The molecule has 0 aliphatic heterocycles. The second-order valence-electron chi connectivity index (χ2n) is 8.11. The van der Waals surface area contributed by atoms with E-state index in [4.69, 9.17) is 4.55 Å². The lowest BCUT2D eigenvalue weighted by Crippen LogP contribution is -2.27. The first kappa shape index (κ1) is 24.9. The molecule has 2 heterocycles. The van der Waals surface area contributed by atoms with E-state index in [1.165, 1.54) is 47.7 Å². The normalized spacial score (nSPS) is 20.1. The summed E-state index contributed by atoms with van der Waals surface area (Å²) in [7, 11) is 0. The Balaban J connectivity index is 1.46. The molecule has 186 valence electrons. The maximum absolute atomic E-state index is 14.5. The number of carbonyl (C=O) groups is 1. The summed E-state index contributed by atoms with van der Waals surface area (Å²) in [6.45, 7) is 0.106. The minimum absolute atomic E-state index is 0.00854. The summed E-state index contributed by atoms with van der Waals surface area (Å²) < 4.78 is 66.2. The second kappa shape index (κ2) is 10.6. The van der Waals surface area contributed by atoms with Gasteiger partial charge in [0.15, 0.2) is 0 Å². The molecule has 1 fully saturated rings. The lowest BCUT2D eigenvalue weighted by Gasteiger charge is -2.17. The zero-order valence-electron chi connectivity index (χ0n) is 18.2. The highest BCUT2D eigenvalue weighted by Crippen LogP contribution is 2.33. The number of rotatable bonds is 9. The third-order valence-corrected chi connectivity index (χ3v) is 6.14. The van der Waals surface area contributed by atoms with Gasteiger partial charge in [-0.25, -0.2) is 14.4 Å². The number of benzene rings is 1. The van der Waals surface area contributed by atoms with E-state index < -0.39 is 24.4 Å². The Morgan fingerprint density at radius 3 is 2.89 bits per heavy atom. The van der Waals surface area contributed by atoms with Gasteiger partial charge in [-0.3, -0.25) is 9.48 Å². The van der Waals surface area contributed by atoms with Crippen molar-refractivity contribution in [3.63, 3.8) is 0 Å². The maximum atomic E-state index is 14.5. The molecule has 8 nitrogen and oxygen atoms in total. The summed E-state index contributed by atoms with van der Waals surface area (Å²) in [5, 5.41) is 7.22. The molecule has 2 N–H and O–H groups in total. The van der Waals surface area contributed by atoms with Crippen LogP contribution in [0.5, 0.6) is 5.75 Å². The first-order valence-corrected chi connectivity index (χ1v) is 11.6. The van der Waals surface area contributed by atoms with Crippen LogP contribution in [0.25, 0.3) is 0 Å². The first-order valence-electron chi connectivity index (χ1n) is 10.6. The fourth-order valence-electron chi connectivity index (χ4n) is 4.00. The number of nitrogens with one attached hydrogen (secondary N) is 1. The molecule has 3 unspecified atom stereocenters. The summed E-state index contributed by atoms with van der Waals surface area (Å²) >= 11 is 0.679. The Hall–Kier alpha value is -3.19. The molecule has 1 aliphatic rings. The number of nitrogens with zero attached hydrogens (tertiary/aromatic N) is 4. The van der Waals surface area contributed by atoms with Gasteiger partial charge in [-0.05, 0) is 54.6 Å². The molecule has 35 heavy (non-hydrogen) atoms. The topological polar surface area (TPSA) is 102 Å². The number of halogens is 4. The van der Waals surface area contributed by atoms with Crippen LogP contribution in [0, 0.1) is 5.92 Å². The van der Waals surface area contributed by atoms with Gasteiger partial charge in [-0.1, -0.05) is 12.1 Å². The number of carbonyl (C=O) groups excluding carboxylic acids is 1. The van der Waals surface area contributed by atoms with E-state index in [2.05, 4.69) is 25.1 Å². The predicted molar refractivity (Wildman–Crippen MR) is 120 cm³/mol. The van der Waals surface area contributed by atoms with Crippen molar-refractivity contribution in [2.75, 3.05) is 11.1 Å². The highest BCUT2D eigenvalue weighted by Gasteiger charge is 2.35. The Morgan fingerprint density at radius 2 is 2.11 bits per heavy atom. The molecule has 1 aliphatic carbocycles. The Morgan fingerprint density at radius 1 is 1.29 bits per heavy atom. The van der Waals surface area contributed by atoms with Gasteiger partial charge in [0.05, 0.1) is 18.2 Å². The van der Waals surface area contributed by atoms with E-state index in [0.717, 1.165) is 0 Å². The zero-order chi connectivity index (χ0) is 25.0. The average molecular weight is 512 g/mol. The molecule has 0 saturated heterocycles. The Kier molecular flexibility index (Phi) is 7.55. The molecular formula is C22H21F4N5O3S. The largest absolute Gasteiger partial charge is 0.573 e. The van der Waals surface area contributed by atoms with Crippen molar-refractivity contribution in [3.05, 3.63) is 65.9 Å². The van der Waals surface area contributed by atoms with Crippen molar-refractivity contribution in [1.82, 2.24) is 19.7 Å². The molecule has 0 bridgehead atoms. The number of ketones is 1. The van der Waals surface area contributed by atoms with E-state index in [-0.39, 0.29) is 35.3 Å². The molecule has 2 aromatic heterocycles. The SMILES string of the molecule is O=C(c1ccn(Cc2cccc(OC(F)(F)F)c2)n1)c1cncnc1NC1CC(CSO)CC1F. The molecule has 3 atom stereocenters. The van der Waals surface area contributed by atoms with Crippen molar-refractivity contribution in [3.8, 4) is 5.75 Å². The summed E-state index contributed by atoms with van der Waals surface area (Å²) in [6, 6.07) is 6.37. The highest BCUT2D eigenvalue weighted by molar-refractivity contribution is 7.93. The summed E-state index contributed by atoms with van der Waals surface area (Å²) in [5.74, 6) is -0.224. The van der Waals surface area contributed by atoms with Crippen molar-refractivity contribution in [2.24, 2.45) is 5.92 Å². The third-order valence-electron chi connectivity index (χ3n) is 5.52. The van der Waals surface area contributed by atoms with E-state index in [0.29, 0.717) is 36.2 Å². The van der Waals surface area contributed by atoms with Crippen LogP contribution in [0.15, 0.2) is 49.1 Å². The van der Waals surface area contributed by atoms with Gasteiger partial charge in [0.2, 0.25) is 5.78 Å². The monoisotopic (exact) mass is 511 g/mol. The summed E-state index contributed by atoms with van der Waals surface area (Å²) in [5.41, 5.74) is 0.680. The van der Waals surface area contributed by atoms with E-state index in [1.54, 1.807) is 6.07 Å². The zero-order valence-corrected chi connectivity index (χ0v) is 19.0. The third kappa shape index (κ3) is 6.48. The standard InChI is InChI=1S/C22H21F4N5O3S/c23-17-7-14(11-35-33)8-19(17)29-21-16(9-27-12-28-21)20(32)18-4-5-31(30-18)10-13-2-1-3-15(6-13)34-22(24,25)26/h1-6,9,12,14,17,19,33H,7-8,10-11H2,(H,27,28,29). The van der Waals surface area contributed by atoms with Crippen LogP contribution in [0.3, 0.4) is 0 Å². The molecule has 1 saturated carbocycles. The van der Waals surface area contributed by atoms with Gasteiger partial charge in [0, 0.05) is 18.1 Å². The van der Waals surface area contributed by atoms with Crippen LogP contribution >= 0.6 is 12.0 Å². The minimum Gasteiger partial charge on any atom is -0.406 e. The summed E-state index contributed by atoms with van der Waals surface area (Å²) in [6.07, 6.45) is -1.08. The number of ether oxygens (including phenoxy) is 1. The molecule has 3 aromatic rings. The average Bonchev–Trinajstić information content (AvgIpc) is 3.39. The molecule has 0 amide bonds. The first-order chi connectivity index (χ1) is 16.7. The van der Waals surface area contributed by atoms with Crippen molar-refractivity contribution in [1.29, 1.82) is 0 Å². The predicted octanol–water partition coefficient (Wildman–Crippen LogP) is 4.59. The van der Waals surface area contributed by atoms with Crippen LogP contribution in [0.2, 0.25) is 0 Å². The quantitative estimate of drug-likeness (QED) is 0.245. The lowest BCUT2D eigenvalue weighted by atomic mass is 10.1. The van der Waals surface area contributed by atoms with Crippen molar-refractivity contribution < 1.29 is 31.6 Å². The van der Waals surface area contributed by atoms with Gasteiger partial charge >= 0.3 is 6.36 Å². The fraction of sp³-hybridized carbons (Fsp3) is 0.364. The molecule has 4 rings (SSSR count). The molecule has 0 radical (unpaired) electrons. The lowest BCUT2D eigenvalue weighted by molar-refractivity contribution is -0.274. The molecule has 1 aromatic carbocycles. The smallest absolute Gasteiger partial charge is 0.406 e. The number of aromatic nitrogens is 4. The van der Waals surface area contributed by atoms with Crippen LogP contribution in [0.4, 0.5) is 23.4 Å². The van der Waals surface area contributed by atoms with E-state index >= 15 is 0 Å². The highest BCUT2D eigenvalue weighted by atomic mass is 32.2. The molecule has 0 spiro atoms. The van der Waals surface area contributed by atoms with Crippen LogP contribution < -0.4 is 10.1 Å². The summed E-state index contributed by atoms with van der Waals surface area (Å²) in [4.78, 5) is 21.1. The number of anilines is 1. The minimum atomic E-state index is -4.80. The fourth-order valence-corrected chi connectivity index (χ4v) is 4.48. The van der Waals surface area contributed by atoms with Crippen LogP contribution in [0.1, 0.15) is 34.5 Å². The maximum Gasteiger partial charge on any atom is 0.573 e.